The molecule has 1 aliphatic carbocycles. The molecule has 3 aliphatic rings. The monoisotopic (exact) mass is 647 g/mol. The number of hydrogen-bond donors (Lipinski definition) is 4. The number of nitrogens with one attached hydrogen (secondary N) is 2. The predicted molar refractivity (Wildman–Crippen MR) is 180 cm³/mol. The average molecular weight is 648 g/mol. The number of piperazine rings is 1. The second-order valence-corrected chi connectivity index (χ2v) is 12.8. The maximum Gasteiger partial charge on any atom is 0.407 e. The highest BCUT2D eigenvalue weighted by Crippen LogP contribution is 2.53. The molecule has 8 rings (SSSR count). The van der Waals surface area contributed by atoms with Crippen molar-refractivity contribution in [3.05, 3.63) is 70.7 Å². The number of hydrogen-bond acceptors (Lipinski definition) is 8. The Balaban J connectivity index is 1.38. The molecule has 3 fully saturated rings. The second-order valence-electron chi connectivity index (χ2n) is 12.8. The number of H-pyrrole nitrogens is 1. The number of carbonyl (C=O) groups is 1. The van der Waals surface area contributed by atoms with Crippen molar-refractivity contribution in [1.82, 2.24) is 25.1 Å². The summed E-state index contributed by atoms with van der Waals surface area (Å²) in [6.45, 7) is 2.96. The van der Waals surface area contributed by atoms with Gasteiger partial charge in [-0.25, -0.2) is 14.2 Å². The van der Waals surface area contributed by atoms with E-state index >= 15 is 4.39 Å². The Bertz CT molecular complexity index is 2120. The molecule has 2 bridgehead atoms. The minimum absolute atomic E-state index is 0.0472. The molecule has 2 aliphatic heterocycles. The van der Waals surface area contributed by atoms with Crippen molar-refractivity contribution < 1.29 is 24.1 Å². The van der Waals surface area contributed by atoms with Gasteiger partial charge in [-0.15, -0.1) is 6.42 Å². The molecule has 4 N–H and O–H groups in total. The van der Waals surface area contributed by atoms with Crippen molar-refractivity contribution in [3.8, 4) is 29.2 Å². The van der Waals surface area contributed by atoms with Gasteiger partial charge >= 0.3 is 6.09 Å². The number of aliphatic hydroxyl groups excluding tert-OH is 1. The van der Waals surface area contributed by atoms with Gasteiger partial charge in [-0.1, -0.05) is 18.1 Å². The van der Waals surface area contributed by atoms with Crippen LogP contribution in [0.25, 0.3) is 32.9 Å². The van der Waals surface area contributed by atoms with Crippen LogP contribution in [0.4, 0.5) is 21.0 Å². The van der Waals surface area contributed by atoms with Gasteiger partial charge < -0.3 is 30.1 Å². The number of carboxylic acid groups (broad SMARTS) is 1. The van der Waals surface area contributed by atoms with Gasteiger partial charge in [0.25, 0.3) is 0 Å². The number of anilines is 2. The molecule has 2 atom stereocenters. The Morgan fingerprint density at radius 1 is 1.15 bits per heavy atom. The van der Waals surface area contributed by atoms with Gasteiger partial charge in [0.2, 0.25) is 5.95 Å². The maximum absolute atomic E-state index is 15.6. The second kappa shape index (κ2) is 11.7. The van der Waals surface area contributed by atoms with Gasteiger partial charge in [0.1, 0.15) is 23.8 Å². The third-order valence-corrected chi connectivity index (χ3v) is 9.82. The number of ether oxygens (including phenoxy) is 1. The molecular formula is C36H34FN7O4. The van der Waals surface area contributed by atoms with Gasteiger partial charge in [-0.05, 0) is 73.1 Å². The number of nitrogens with zero attached hydrogens (tertiary/aromatic N) is 5. The molecule has 2 aromatic heterocycles. The summed E-state index contributed by atoms with van der Waals surface area (Å²) in [5.74, 6) is 4.00. The fourth-order valence-electron chi connectivity index (χ4n) is 7.32. The third-order valence-electron chi connectivity index (χ3n) is 9.82. The molecule has 3 aromatic carbocycles. The van der Waals surface area contributed by atoms with Crippen LogP contribution in [0, 0.1) is 25.1 Å². The fourth-order valence-corrected chi connectivity index (χ4v) is 7.32. The highest BCUT2D eigenvalue weighted by molar-refractivity contribution is 6.06. The Labute approximate surface area is 275 Å². The van der Waals surface area contributed by atoms with E-state index in [0.717, 1.165) is 45.9 Å². The summed E-state index contributed by atoms with van der Waals surface area (Å²) >= 11 is 0. The quantitative estimate of drug-likeness (QED) is 0.155. The molecule has 0 spiro atoms. The lowest BCUT2D eigenvalue weighted by Crippen LogP contribution is -2.48. The minimum atomic E-state index is -0.914. The summed E-state index contributed by atoms with van der Waals surface area (Å²) in [6, 6.07) is 11.0. The molecule has 5 aromatic rings. The van der Waals surface area contributed by atoms with Crippen LogP contribution in [-0.4, -0.2) is 79.7 Å². The summed E-state index contributed by atoms with van der Waals surface area (Å²) in [7, 11) is 0. The van der Waals surface area contributed by atoms with E-state index in [2.05, 4.69) is 32.4 Å². The Morgan fingerprint density at radius 2 is 1.96 bits per heavy atom. The Morgan fingerprint density at radius 3 is 2.65 bits per heavy atom. The Kier molecular flexibility index (Phi) is 7.29. The van der Waals surface area contributed by atoms with Crippen LogP contribution in [0.2, 0.25) is 0 Å². The molecule has 1 amide bonds. The number of aromatic nitrogens is 4. The molecule has 11 nitrogen and oxygen atoms in total. The van der Waals surface area contributed by atoms with E-state index in [1.165, 1.54) is 11.0 Å². The zero-order chi connectivity index (χ0) is 33.1. The largest absolute Gasteiger partial charge is 0.486 e. The lowest BCUT2D eigenvalue weighted by atomic mass is 9.88. The number of benzene rings is 3. The van der Waals surface area contributed by atoms with Gasteiger partial charge in [0, 0.05) is 47.1 Å². The van der Waals surface area contributed by atoms with Crippen molar-refractivity contribution in [2.75, 3.05) is 36.5 Å². The van der Waals surface area contributed by atoms with Crippen LogP contribution in [-0.2, 0) is 6.61 Å². The Hall–Kier alpha value is -5.41. The molecule has 48 heavy (non-hydrogen) atoms. The highest BCUT2D eigenvalue weighted by Gasteiger charge is 2.47. The van der Waals surface area contributed by atoms with Crippen molar-refractivity contribution >= 4 is 39.7 Å². The minimum Gasteiger partial charge on any atom is -0.486 e. The van der Waals surface area contributed by atoms with E-state index in [-0.39, 0.29) is 43.6 Å². The normalized spacial score (nSPS) is 18.5. The number of terminal acetylenes is 1. The average Bonchev–Trinajstić information content (AvgIpc) is 3.48. The standard InChI is InChI=1S/C36H34FN7O4/c1-3-20-4-6-21(7-5-20)18-48-33-31(30-19(2)28(37)14-29-27(30)15-39-42-29)25(22-8-9-22)13-26-32(33)40-35(38-10-11-45)41-34(26)43-16-24-12-23(43)17-44(24)36(46)47/h1,4-7,13-15,22-24,45H,8-12,16-18H2,2H3,(H,39,42)(H,46,47)(H,38,40,41)/t23-,24-/m0/s1. The number of likely N-dealkylation sites (tertiary alicyclic amines) is 1. The lowest BCUT2D eigenvalue weighted by Gasteiger charge is -2.34. The number of rotatable bonds is 9. The SMILES string of the molecule is C#Cc1ccc(COc2c(-c3c(C)c(F)cc4[nH]ncc34)c(C3CC3)cc3c(N4C[C@@H]5C[C@H]4CN5C(=O)O)nc(NCCO)nc23)cc1. The number of fused-ring (bicyclic) bond motifs is 4. The first-order valence-corrected chi connectivity index (χ1v) is 16.1. The van der Waals surface area contributed by atoms with E-state index in [4.69, 9.17) is 21.1 Å². The first kappa shape index (κ1) is 30.0. The third kappa shape index (κ3) is 5.02. The molecule has 1 saturated carbocycles. The van der Waals surface area contributed by atoms with Gasteiger partial charge in [0.05, 0.1) is 30.4 Å². The first-order valence-electron chi connectivity index (χ1n) is 16.1. The van der Waals surface area contributed by atoms with E-state index in [9.17, 15) is 15.0 Å². The summed E-state index contributed by atoms with van der Waals surface area (Å²) in [4.78, 5) is 25.5. The first-order chi connectivity index (χ1) is 23.3. The number of aliphatic hydroxyl groups is 1. The van der Waals surface area contributed by atoms with Gasteiger partial charge in [0.15, 0.2) is 5.75 Å². The van der Waals surface area contributed by atoms with Crippen molar-refractivity contribution in [2.24, 2.45) is 0 Å². The highest BCUT2D eigenvalue weighted by atomic mass is 19.1. The topological polar surface area (TPSA) is 140 Å². The molecule has 2 saturated heterocycles. The van der Waals surface area contributed by atoms with Crippen molar-refractivity contribution in [1.29, 1.82) is 0 Å². The molecule has 244 valence electrons. The summed E-state index contributed by atoms with van der Waals surface area (Å²) in [6.07, 6.45) is 9.06. The van der Waals surface area contributed by atoms with Crippen LogP contribution in [0.3, 0.4) is 0 Å². The molecule has 4 heterocycles. The number of halogens is 1. The van der Waals surface area contributed by atoms with E-state index in [1.807, 2.05) is 24.3 Å². The predicted octanol–water partition coefficient (Wildman–Crippen LogP) is 5.40. The van der Waals surface area contributed by atoms with Gasteiger partial charge in [-0.3, -0.25) is 5.10 Å². The molecule has 0 radical (unpaired) electrons. The smallest absolute Gasteiger partial charge is 0.407 e. The van der Waals surface area contributed by atoms with E-state index in [0.29, 0.717) is 59.2 Å². The summed E-state index contributed by atoms with van der Waals surface area (Å²) in [5, 5.41) is 31.3. The van der Waals surface area contributed by atoms with Crippen molar-refractivity contribution in [2.45, 2.75) is 50.8 Å². The van der Waals surface area contributed by atoms with Crippen LogP contribution >= 0.6 is 0 Å². The molecule has 12 heteroatoms. The zero-order valence-corrected chi connectivity index (χ0v) is 26.3. The summed E-state index contributed by atoms with van der Waals surface area (Å²) < 4.78 is 22.4. The molecule has 0 unspecified atom stereocenters. The van der Waals surface area contributed by atoms with Crippen LogP contribution < -0.4 is 15.0 Å². The van der Waals surface area contributed by atoms with Crippen LogP contribution in [0.15, 0.2) is 42.6 Å². The van der Waals surface area contributed by atoms with E-state index < -0.39 is 6.09 Å². The number of aromatic amines is 1. The van der Waals surface area contributed by atoms with Crippen LogP contribution in [0.1, 0.15) is 47.4 Å². The van der Waals surface area contributed by atoms with E-state index in [1.54, 1.807) is 13.1 Å². The summed E-state index contributed by atoms with van der Waals surface area (Å²) in [5.41, 5.74) is 5.74. The maximum atomic E-state index is 15.6. The lowest BCUT2D eigenvalue weighted by molar-refractivity contribution is 0.137. The number of amides is 1. The van der Waals surface area contributed by atoms with Gasteiger partial charge in [-0.2, -0.15) is 10.1 Å². The van der Waals surface area contributed by atoms with Crippen LogP contribution in [0.5, 0.6) is 5.75 Å². The zero-order valence-electron chi connectivity index (χ0n) is 26.3. The van der Waals surface area contributed by atoms with Crippen molar-refractivity contribution in [3.63, 3.8) is 0 Å². The molecular weight excluding hydrogens is 613 g/mol. The fraction of sp³-hybridized carbons (Fsp3) is 0.333.